The number of anilines is 1. The van der Waals surface area contributed by atoms with Crippen LogP contribution >= 0.6 is 11.6 Å². The van der Waals surface area contributed by atoms with E-state index in [9.17, 15) is 8.42 Å². The molecule has 0 bridgehead atoms. The number of thiol groups is 1. The maximum absolute atomic E-state index is 10.2. The molecule has 0 radical (unpaired) electrons. The second-order valence-corrected chi connectivity index (χ2v) is 3.49. The Morgan fingerprint density at radius 2 is 2.00 bits per heavy atom. The Hall–Kier alpha value is -0.980. The summed E-state index contributed by atoms with van der Waals surface area (Å²) in [6.45, 7) is 1.73. The molecule has 0 saturated carbocycles. The second kappa shape index (κ2) is 5.04. The summed E-state index contributed by atoms with van der Waals surface area (Å²) in [6, 6.07) is 2.92. The van der Waals surface area contributed by atoms with Crippen LogP contribution in [0, 0.1) is 6.92 Å². The number of aryl methyl sites for hydroxylation is 1. The number of rotatable bonds is 2. The molecular formula is C7H11ClN2O3S. The molecule has 0 spiro atoms. The first kappa shape index (κ1) is 13.0. The summed E-state index contributed by atoms with van der Waals surface area (Å²) < 4.78 is 24.9. The van der Waals surface area contributed by atoms with E-state index in [4.69, 9.17) is 17.3 Å². The third-order valence-corrected chi connectivity index (χ3v) is 2.13. The van der Waals surface area contributed by atoms with Gasteiger partial charge in [-0.25, -0.2) is 0 Å². The van der Waals surface area contributed by atoms with Crippen LogP contribution in [0.3, 0.4) is 0 Å². The van der Waals surface area contributed by atoms with Gasteiger partial charge in [-0.2, -0.15) is 8.42 Å². The smallest absolute Gasteiger partial charge is 0.299 e. The molecule has 0 aliphatic heterocycles. The van der Waals surface area contributed by atoms with Gasteiger partial charge in [0.25, 0.3) is 11.0 Å². The highest BCUT2D eigenvalue weighted by Gasteiger charge is 2.05. The molecule has 0 aromatic heterocycles. The Morgan fingerprint density at radius 3 is 2.50 bits per heavy atom. The van der Waals surface area contributed by atoms with Gasteiger partial charge in [-0.15, -0.1) is 0 Å². The number of nitrogens with two attached hydrogens (primary N) is 1. The van der Waals surface area contributed by atoms with E-state index in [2.05, 4.69) is 4.18 Å². The van der Waals surface area contributed by atoms with Gasteiger partial charge in [-0.3, -0.25) is 0 Å². The van der Waals surface area contributed by atoms with E-state index in [1.54, 1.807) is 6.92 Å². The Bertz CT molecular complexity index is 398. The lowest BCUT2D eigenvalue weighted by atomic mass is 10.2. The fourth-order valence-corrected chi connectivity index (χ4v) is 1.40. The van der Waals surface area contributed by atoms with Crippen molar-refractivity contribution in [2.45, 2.75) is 6.92 Å². The predicted octanol–water partition coefficient (Wildman–Crippen LogP) is 1.30. The highest BCUT2D eigenvalue weighted by Crippen LogP contribution is 2.29. The Labute approximate surface area is 88.6 Å². The van der Waals surface area contributed by atoms with Crippen molar-refractivity contribution in [1.82, 2.24) is 6.15 Å². The van der Waals surface area contributed by atoms with Crippen molar-refractivity contribution in [2.75, 3.05) is 5.73 Å². The Balaban J connectivity index is 0.00000169. The predicted molar refractivity (Wildman–Crippen MR) is 56.6 cm³/mol. The first-order chi connectivity index (χ1) is 6.00. The summed E-state index contributed by atoms with van der Waals surface area (Å²) in [4.78, 5) is 0. The Kier molecular flexibility index (Phi) is 4.69. The number of hydrogen-bond acceptors (Lipinski definition) is 5. The largest absolute Gasteiger partial charge is 0.398 e. The minimum absolute atomic E-state index is 0. The minimum Gasteiger partial charge on any atom is -0.398 e. The van der Waals surface area contributed by atoms with Gasteiger partial charge in [0.05, 0.1) is 5.02 Å². The summed E-state index contributed by atoms with van der Waals surface area (Å²) in [7, 11) is -2.94. The van der Waals surface area contributed by atoms with E-state index < -0.39 is 11.0 Å². The lowest BCUT2D eigenvalue weighted by Crippen LogP contribution is -1.94. The molecule has 0 heterocycles. The molecule has 0 aliphatic rings. The molecular weight excluding hydrogens is 228 g/mol. The maximum atomic E-state index is 10.2. The van der Waals surface area contributed by atoms with Crippen LogP contribution in [0.15, 0.2) is 12.1 Å². The molecule has 1 rings (SSSR count). The number of halogens is 1. The Morgan fingerprint density at radius 1 is 1.43 bits per heavy atom. The van der Waals surface area contributed by atoms with E-state index in [-0.39, 0.29) is 16.9 Å². The highest BCUT2D eigenvalue weighted by molar-refractivity contribution is 7.67. The van der Waals surface area contributed by atoms with Crippen molar-refractivity contribution in [2.24, 2.45) is 0 Å². The van der Waals surface area contributed by atoms with Gasteiger partial charge in [0.15, 0.2) is 5.75 Å². The third kappa shape index (κ3) is 3.06. The SMILES string of the molecule is Cc1cc(O[SH](=O)=O)c(Cl)cc1N.N. The van der Waals surface area contributed by atoms with Crippen molar-refractivity contribution in [3.05, 3.63) is 22.7 Å². The van der Waals surface area contributed by atoms with Gasteiger partial charge in [-0.1, -0.05) is 11.6 Å². The van der Waals surface area contributed by atoms with Gasteiger partial charge in [0, 0.05) is 5.69 Å². The zero-order valence-corrected chi connectivity index (χ0v) is 9.14. The molecule has 0 fully saturated rings. The van der Waals surface area contributed by atoms with Gasteiger partial charge >= 0.3 is 0 Å². The fraction of sp³-hybridized carbons (Fsp3) is 0.143. The van der Waals surface area contributed by atoms with Gasteiger partial charge < -0.3 is 16.1 Å². The molecule has 5 N–H and O–H groups in total. The first-order valence-electron chi connectivity index (χ1n) is 3.38. The molecule has 0 saturated heterocycles. The van der Waals surface area contributed by atoms with Crippen molar-refractivity contribution in [3.8, 4) is 5.75 Å². The van der Waals surface area contributed by atoms with Crippen molar-refractivity contribution in [3.63, 3.8) is 0 Å². The maximum Gasteiger partial charge on any atom is 0.299 e. The summed E-state index contributed by atoms with van der Waals surface area (Å²) in [5, 5.41) is 0.183. The molecule has 80 valence electrons. The quantitative estimate of drug-likeness (QED) is 0.532. The minimum atomic E-state index is -2.94. The van der Waals surface area contributed by atoms with Crippen LogP contribution < -0.4 is 16.1 Å². The van der Waals surface area contributed by atoms with E-state index in [1.807, 2.05) is 0 Å². The van der Waals surface area contributed by atoms with Crippen LogP contribution in [0.4, 0.5) is 5.69 Å². The molecule has 7 heteroatoms. The monoisotopic (exact) mass is 238 g/mol. The zero-order valence-electron chi connectivity index (χ0n) is 7.49. The number of benzene rings is 1. The average Bonchev–Trinajstić information content (AvgIpc) is 1.99. The van der Waals surface area contributed by atoms with E-state index in [0.29, 0.717) is 5.69 Å². The molecule has 0 unspecified atom stereocenters. The van der Waals surface area contributed by atoms with Crippen LogP contribution in [-0.4, -0.2) is 8.42 Å². The highest BCUT2D eigenvalue weighted by atomic mass is 35.5. The van der Waals surface area contributed by atoms with E-state index in [0.717, 1.165) is 5.56 Å². The van der Waals surface area contributed by atoms with Crippen molar-refractivity contribution >= 4 is 28.3 Å². The molecule has 0 atom stereocenters. The summed E-state index contributed by atoms with van der Waals surface area (Å²) in [6.07, 6.45) is 0. The van der Waals surface area contributed by atoms with E-state index >= 15 is 0 Å². The molecule has 0 amide bonds. The second-order valence-electron chi connectivity index (χ2n) is 2.45. The van der Waals surface area contributed by atoms with Crippen LogP contribution in [0.25, 0.3) is 0 Å². The number of nitrogen functional groups attached to an aromatic ring is 1. The summed E-state index contributed by atoms with van der Waals surface area (Å²) in [5.41, 5.74) is 6.75. The molecule has 1 aromatic rings. The van der Waals surface area contributed by atoms with E-state index in [1.165, 1.54) is 12.1 Å². The lowest BCUT2D eigenvalue weighted by Gasteiger charge is -2.04. The molecule has 14 heavy (non-hydrogen) atoms. The zero-order chi connectivity index (χ0) is 10.0. The van der Waals surface area contributed by atoms with Gasteiger partial charge in [-0.05, 0) is 24.6 Å². The molecule has 5 nitrogen and oxygen atoms in total. The van der Waals surface area contributed by atoms with Crippen LogP contribution in [0.1, 0.15) is 5.56 Å². The summed E-state index contributed by atoms with van der Waals surface area (Å²) in [5.74, 6) is 0.101. The molecule has 0 aliphatic carbocycles. The molecule has 1 aromatic carbocycles. The third-order valence-electron chi connectivity index (χ3n) is 1.49. The van der Waals surface area contributed by atoms with Crippen LogP contribution in [-0.2, 0) is 11.0 Å². The lowest BCUT2D eigenvalue weighted by molar-refractivity contribution is 0.510. The van der Waals surface area contributed by atoms with Crippen LogP contribution in [0.5, 0.6) is 5.75 Å². The number of hydrogen-bond donors (Lipinski definition) is 3. The summed E-state index contributed by atoms with van der Waals surface area (Å²) >= 11 is 5.67. The normalized spacial score (nSPS) is 9.64. The first-order valence-corrected chi connectivity index (χ1v) is 4.86. The van der Waals surface area contributed by atoms with Crippen molar-refractivity contribution in [1.29, 1.82) is 0 Å². The van der Waals surface area contributed by atoms with Crippen LogP contribution in [0.2, 0.25) is 5.02 Å². The average molecular weight is 239 g/mol. The fourth-order valence-electron chi connectivity index (χ4n) is 0.821. The van der Waals surface area contributed by atoms with Gasteiger partial charge in [0.1, 0.15) is 0 Å². The van der Waals surface area contributed by atoms with Crippen molar-refractivity contribution < 1.29 is 12.6 Å². The van der Waals surface area contributed by atoms with Gasteiger partial charge in [0.2, 0.25) is 0 Å². The standard InChI is InChI=1S/C7H8ClNO3S.H3N/c1-4-2-7(12-13(10)11)5(8)3-6(4)9;/h2-3,13H,9H2,1H3;1H3. The topological polar surface area (TPSA) is 104 Å².